The molecule has 0 atom stereocenters. The quantitative estimate of drug-likeness (QED) is 0.735. The molecule has 0 spiro atoms. The third kappa shape index (κ3) is 2.57. The fourth-order valence-electron chi connectivity index (χ4n) is 1.16. The van der Waals surface area contributed by atoms with E-state index in [0.717, 1.165) is 4.88 Å². The molecule has 0 fully saturated rings. The number of rotatable bonds is 3. The molecule has 0 radical (unpaired) electrons. The molecule has 66 valence electrons. The molecule has 2 nitrogen and oxygen atoms in total. The van der Waals surface area contributed by atoms with Crippen LogP contribution < -0.4 is 0 Å². The summed E-state index contributed by atoms with van der Waals surface area (Å²) in [6.45, 7) is 2.02. The van der Waals surface area contributed by atoms with Gasteiger partial charge in [-0.25, -0.2) is 0 Å². The van der Waals surface area contributed by atoms with E-state index in [4.69, 9.17) is 10.5 Å². The van der Waals surface area contributed by atoms with Crippen LogP contribution in [-0.2, 0) is 0 Å². The van der Waals surface area contributed by atoms with Gasteiger partial charge in [0.15, 0.2) is 0 Å². The zero-order chi connectivity index (χ0) is 9.68. The van der Waals surface area contributed by atoms with Gasteiger partial charge in [0.05, 0.1) is 12.1 Å². The van der Waals surface area contributed by atoms with Gasteiger partial charge in [-0.2, -0.15) is 10.5 Å². The largest absolute Gasteiger partial charge is 0.198 e. The SMILES string of the molecule is Cc1csc(C(CC#N)CC#N)c1. The minimum Gasteiger partial charge on any atom is -0.198 e. The van der Waals surface area contributed by atoms with E-state index in [1.807, 2.05) is 6.92 Å². The molecule has 0 aromatic carbocycles. The molecule has 13 heavy (non-hydrogen) atoms. The van der Waals surface area contributed by atoms with E-state index in [1.165, 1.54) is 5.56 Å². The molecule has 0 unspecified atom stereocenters. The number of aryl methyl sites for hydroxylation is 1. The van der Waals surface area contributed by atoms with Crippen molar-refractivity contribution in [3.63, 3.8) is 0 Å². The van der Waals surface area contributed by atoms with Crippen LogP contribution in [-0.4, -0.2) is 0 Å². The predicted octanol–water partition coefficient (Wildman–Crippen LogP) is 2.97. The van der Waals surface area contributed by atoms with Gasteiger partial charge in [-0.3, -0.25) is 0 Å². The number of thiophene rings is 1. The number of nitrogens with zero attached hydrogens (tertiary/aromatic N) is 2. The third-order valence-corrected chi connectivity index (χ3v) is 3.04. The van der Waals surface area contributed by atoms with Gasteiger partial charge in [-0.15, -0.1) is 11.3 Å². The van der Waals surface area contributed by atoms with Crippen LogP contribution in [0.5, 0.6) is 0 Å². The van der Waals surface area contributed by atoms with Crippen LogP contribution in [0.3, 0.4) is 0 Å². The summed E-state index contributed by atoms with van der Waals surface area (Å²) >= 11 is 1.64. The third-order valence-electron chi connectivity index (χ3n) is 1.83. The first-order chi connectivity index (χ1) is 6.27. The zero-order valence-corrected chi connectivity index (χ0v) is 8.27. The lowest BCUT2D eigenvalue weighted by atomic mass is 10.0. The highest BCUT2D eigenvalue weighted by molar-refractivity contribution is 7.10. The van der Waals surface area contributed by atoms with E-state index in [9.17, 15) is 0 Å². The molecule has 0 aliphatic carbocycles. The predicted molar refractivity (Wildman–Crippen MR) is 52.3 cm³/mol. The Bertz CT molecular complexity index is 338. The Morgan fingerprint density at radius 3 is 2.38 bits per heavy atom. The van der Waals surface area contributed by atoms with Gasteiger partial charge in [0.2, 0.25) is 0 Å². The van der Waals surface area contributed by atoms with Crippen LogP contribution in [0.15, 0.2) is 11.4 Å². The minimum atomic E-state index is 0.105. The zero-order valence-electron chi connectivity index (χ0n) is 7.45. The van der Waals surface area contributed by atoms with Crippen LogP contribution in [0.25, 0.3) is 0 Å². The monoisotopic (exact) mass is 190 g/mol. The molecule has 1 aromatic heterocycles. The lowest BCUT2D eigenvalue weighted by Crippen LogP contribution is -1.93. The van der Waals surface area contributed by atoms with Crippen molar-refractivity contribution < 1.29 is 0 Å². The molecule has 1 rings (SSSR count). The normalized spacial score (nSPS) is 9.54. The maximum Gasteiger partial charge on any atom is 0.0628 e. The molecule has 0 N–H and O–H groups in total. The Kier molecular flexibility index (Phi) is 3.49. The summed E-state index contributed by atoms with van der Waals surface area (Å²) in [5.74, 6) is 0.105. The Labute approximate surface area is 82.0 Å². The van der Waals surface area contributed by atoms with Gasteiger partial charge in [0.1, 0.15) is 0 Å². The van der Waals surface area contributed by atoms with Crippen molar-refractivity contribution in [2.45, 2.75) is 25.7 Å². The van der Waals surface area contributed by atoms with Crippen LogP contribution in [0.1, 0.15) is 29.2 Å². The van der Waals surface area contributed by atoms with Gasteiger partial charge in [0.25, 0.3) is 0 Å². The van der Waals surface area contributed by atoms with Gasteiger partial charge < -0.3 is 0 Å². The maximum absolute atomic E-state index is 8.58. The molecule has 1 heterocycles. The summed E-state index contributed by atoms with van der Waals surface area (Å²) in [4.78, 5) is 1.15. The Morgan fingerprint density at radius 1 is 1.38 bits per heavy atom. The summed E-state index contributed by atoms with van der Waals surface area (Å²) in [5, 5.41) is 19.2. The number of nitriles is 2. The van der Waals surface area contributed by atoms with Crippen molar-refractivity contribution in [3.05, 3.63) is 21.9 Å². The molecule has 0 aliphatic rings. The van der Waals surface area contributed by atoms with Gasteiger partial charge in [-0.1, -0.05) is 0 Å². The van der Waals surface area contributed by atoms with Gasteiger partial charge in [0, 0.05) is 23.6 Å². The molecule has 0 aliphatic heterocycles. The smallest absolute Gasteiger partial charge is 0.0628 e. The maximum atomic E-state index is 8.58. The van der Waals surface area contributed by atoms with Crippen molar-refractivity contribution in [2.24, 2.45) is 0 Å². The highest BCUT2D eigenvalue weighted by Crippen LogP contribution is 2.28. The second-order valence-electron chi connectivity index (χ2n) is 2.95. The molecule has 0 saturated carbocycles. The summed E-state index contributed by atoms with van der Waals surface area (Å²) in [7, 11) is 0. The molecule has 0 bridgehead atoms. The van der Waals surface area contributed by atoms with Crippen LogP contribution in [0, 0.1) is 29.6 Å². The second kappa shape index (κ2) is 4.64. The average Bonchev–Trinajstić information content (AvgIpc) is 2.51. The summed E-state index contributed by atoms with van der Waals surface area (Å²) < 4.78 is 0. The van der Waals surface area contributed by atoms with Gasteiger partial charge >= 0.3 is 0 Å². The van der Waals surface area contributed by atoms with Gasteiger partial charge in [-0.05, 0) is 23.9 Å². The van der Waals surface area contributed by atoms with E-state index in [0.29, 0.717) is 12.8 Å². The molecule has 0 amide bonds. The van der Waals surface area contributed by atoms with E-state index >= 15 is 0 Å². The highest BCUT2D eigenvalue weighted by atomic mass is 32.1. The number of hydrogen-bond acceptors (Lipinski definition) is 3. The number of hydrogen-bond donors (Lipinski definition) is 0. The van der Waals surface area contributed by atoms with Crippen molar-refractivity contribution in [3.8, 4) is 12.1 Å². The first-order valence-electron chi connectivity index (χ1n) is 4.07. The summed E-state index contributed by atoms with van der Waals surface area (Å²) in [5.41, 5.74) is 1.21. The molecular weight excluding hydrogens is 180 g/mol. The van der Waals surface area contributed by atoms with Crippen molar-refractivity contribution in [1.29, 1.82) is 10.5 Å². The van der Waals surface area contributed by atoms with E-state index < -0.39 is 0 Å². The standard InChI is InChI=1S/C10H10N2S/c1-8-6-10(13-7-8)9(2-4-11)3-5-12/h6-7,9H,2-3H2,1H3. The second-order valence-corrected chi connectivity index (χ2v) is 3.89. The molecule has 0 saturated heterocycles. The first kappa shape index (κ1) is 9.77. The highest BCUT2D eigenvalue weighted by Gasteiger charge is 2.12. The summed E-state index contributed by atoms with van der Waals surface area (Å²) in [6, 6.07) is 6.29. The van der Waals surface area contributed by atoms with E-state index in [1.54, 1.807) is 11.3 Å². The van der Waals surface area contributed by atoms with Crippen molar-refractivity contribution in [1.82, 2.24) is 0 Å². The topological polar surface area (TPSA) is 47.6 Å². The fraction of sp³-hybridized carbons (Fsp3) is 0.400. The van der Waals surface area contributed by atoms with Crippen LogP contribution in [0.2, 0.25) is 0 Å². The van der Waals surface area contributed by atoms with Crippen molar-refractivity contribution in [2.75, 3.05) is 0 Å². The molecular formula is C10H10N2S. The van der Waals surface area contributed by atoms with Crippen LogP contribution in [0.4, 0.5) is 0 Å². The fourth-order valence-corrected chi connectivity index (χ4v) is 2.16. The van der Waals surface area contributed by atoms with E-state index in [2.05, 4.69) is 23.6 Å². The Morgan fingerprint density at radius 2 is 2.00 bits per heavy atom. The Hall–Kier alpha value is -1.32. The van der Waals surface area contributed by atoms with Crippen LogP contribution >= 0.6 is 11.3 Å². The molecule has 3 heteroatoms. The first-order valence-corrected chi connectivity index (χ1v) is 4.94. The minimum absolute atomic E-state index is 0.105. The van der Waals surface area contributed by atoms with E-state index in [-0.39, 0.29) is 5.92 Å². The van der Waals surface area contributed by atoms with Crippen molar-refractivity contribution >= 4 is 11.3 Å². The summed E-state index contributed by atoms with van der Waals surface area (Å²) in [6.07, 6.45) is 0.876. The lowest BCUT2D eigenvalue weighted by Gasteiger charge is -2.04. The molecule has 1 aromatic rings. The average molecular weight is 190 g/mol. The Balaban J connectivity index is 2.77. The lowest BCUT2D eigenvalue weighted by molar-refractivity contribution is 0.740.